The fourth-order valence-corrected chi connectivity index (χ4v) is 1.46. The molecule has 3 N–H and O–H groups in total. The van der Waals surface area contributed by atoms with Crippen molar-refractivity contribution < 1.29 is 4.79 Å². The number of azide groups is 1. The summed E-state index contributed by atoms with van der Waals surface area (Å²) in [6.07, 6.45) is 2.04. The Hall–Kier alpha value is -1.26. The van der Waals surface area contributed by atoms with Crippen LogP contribution in [0.25, 0.3) is 10.4 Å². The van der Waals surface area contributed by atoms with Gasteiger partial charge in [0.15, 0.2) is 0 Å². The van der Waals surface area contributed by atoms with Crippen LogP contribution in [0.5, 0.6) is 0 Å². The van der Waals surface area contributed by atoms with Gasteiger partial charge in [-0.2, -0.15) is 0 Å². The van der Waals surface area contributed by atoms with E-state index < -0.39 is 5.54 Å². The summed E-state index contributed by atoms with van der Waals surface area (Å²) in [6, 6.07) is 0. The molecule has 0 atom stereocenters. The van der Waals surface area contributed by atoms with Crippen molar-refractivity contribution in [1.29, 1.82) is 0 Å². The Morgan fingerprint density at radius 2 is 2.13 bits per heavy atom. The van der Waals surface area contributed by atoms with Crippen molar-refractivity contribution in [2.45, 2.75) is 38.6 Å². The average molecular weight is 213 g/mol. The van der Waals surface area contributed by atoms with Crippen molar-refractivity contribution in [2.24, 2.45) is 10.8 Å². The summed E-state index contributed by atoms with van der Waals surface area (Å²) in [5.74, 6) is -0.323. The van der Waals surface area contributed by atoms with Crippen LogP contribution in [0.2, 0.25) is 0 Å². The maximum Gasteiger partial charge on any atom is 0.237 e. The molecule has 0 heterocycles. The second-order valence-corrected chi connectivity index (χ2v) is 3.39. The molecular formula is C9H19N5O. The predicted molar refractivity (Wildman–Crippen MR) is 59.1 cm³/mol. The van der Waals surface area contributed by atoms with Crippen LogP contribution in [0, 0.1) is 0 Å². The molecule has 0 spiro atoms. The van der Waals surface area contributed by atoms with Crippen LogP contribution in [0.1, 0.15) is 33.1 Å². The lowest BCUT2D eigenvalue weighted by Gasteiger charge is -2.29. The lowest BCUT2D eigenvalue weighted by Crippen LogP contribution is -2.54. The normalized spacial score (nSPS) is 10.8. The second kappa shape index (κ2) is 7.09. The number of primary amides is 1. The van der Waals surface area contributed by atoms with Gasteiger partial charge in [0.05, 0.1) is 5.54 Å². The summed E-state index contributed by atoms with van der Waals surface area (Å²) in [6.45, 7) is 4.92. The molecule has 0 aromatic rings. The number of hydrogen-bond acceptors (Lipinski definition) is 3. The molecule has 6 heteroatoms. The highest BCUT2D eigenvalue weighted by Gasteiger charge is 2.31. The molecule has 0 radical (unpaired) electrons. The molecule has 0 rings (SSSR count). The van der Waals surface area contributed by atoms with Gasteiger partial charge in [-0.3, -0.25) is 4.79 Å². The highest BCUT2D eigenvalue weighted by Crippen LogP contribution is 2.14. The Bertz CT molecular complexity index is 243. The topological polar surface area (TPSA) is 104 Å². The average Bonchev–Trinajstić information content (AvgIpc) is 2.23. The van der Waals surface area contributed by atoms with Crippen LogP contribution in [-0.2, 0) is 4.79 Å². The summed E-state index contributed by atoms with van der Waals surface area (Å²) in [7, 11) is 0. The molecule has 86 valence electrons. The van der Waals surface area contributed by atoms with E-state index in [1.54, 1.807) is 0 Å². The predicted octanol–water partition coefficient (Wildman–Crippen LogP) is 1.32. The monoisotopic (exact) mass is 213 g/mol. The Morgan fingerprint density at radius 3 is 2.53 bits per heavy atom. The fourth-order valence-electron chi connectivity index (χ4n) is 1.46. The minimum atomic E-state index is -0.615. The molecule has 0 aliphatic rings. The van der Waals surface area contributed by atoms with Gasteiger partial charge in [-0.15, -0.1) is 0 Å². The van der Waals surface area contributed by atoms with Gasteiger partial charge in [0.1, 0.15) is 0 Å². The summed E-state index contributed by atoms with van der Waals surface area (Å²) in [5.41, 5.74) is 12.8. The summed E-state index contributed by atoms with van der Waals surface area (Å²) < 4.78 is 0. The van der Waals surface area contributed by atoms with E-state index in [2.05, 4.69) is 15.3 Å². The van der Waals surface area contributed by atoms with E-state index in [9.17, 15) is 4.79 Å². The largest absolute Gasteiger partial charge is 0.368 e. The van der Waals surface area contributed by atoms with Crippen molar-refractivity contribution in [1.82, 2.24) is 5.32 Å². The Morgan fingerprint density at radius 1 is 1.53 bits per heavy atom. The second-order valence-electron chi connectivity index (χ2n) is 3.39. The fraction of sp³-hybridized carbons (Fsp3) is 0.889. The number of carbonyl (C=O) groups is 1. The Labute approximate surface area is 89.8 Å². The molecule has 0 fully saturated rings. The molecule has 0 saturated heterocycles. The third-order valence-electron chi connectivity index (χ3n) is 2.64. The van der Waals surface area contributed by atoms with Gasteiger partial charge in [0, 0.05) is 11.5 Å². The quantitative estimate of drug-likeness (QED) is 0.275. The number of hydrogen-bond donors (Lipinski definition) is 2. The zero-order chi connectivity index (χ0) is 11.7. The Kier molecular flexibility index (Phi) is 6.49. The highest BCUT2D eigenvalue weighted by atomic mass is 16.1. The molecule has 0 unspecified atom stereocenters. The first-order valence-corrected chi connectivity index (χ1v) is 5.18. The number of carbonyl (C=O) groups excluding carboxylic acids is 1. The highest BCUT2D eigenvalue weighted by molar-refractivity contribution is 5.84. The lowest BCUT2D eigenvalue weighted by molar-refractivity contribution is -0.124. The van der Waals surface area contributed by atoms with Gasteiger partial charge in [-0.05, 0) is 31.3 Å². The number of nitrogens with one attached hydrogen (secondary N) is 1. The smallest absolute Gasteiger partial charge is 0.237 e. The van der Waals surface area contributed by atoms with Crippen LogP contribution in [0.4, 0.5) is 0 Å². The molecule has 0 aliphatic carbocycles. The first-order chi connectivity index (χ1) is 7.13. The van der Waals surface area contributed by atoms with Crippen LogP contribution in [0.3, 0.4) is 0 Å². The van der Waals surface area contributed by atoms with Gasteiger partial charge < -0.3 is 11.1 Å². The molecule has 0 aliphatic heterocycles. The van der Waals surface area contributed by atoms with E-state index in [1.165, 1.54) is 0 Å². The van der Waals surface area contributed by atoms with Crippen molar-refractivity contribution in [3.8, 4) is 0 Å². The summed E-state index contributed by atoms with van der Waals surface area (Å²) >= 11 is 0. The van der Waals surface area contributed by atoms with Crippen LogP contribution in [0.15, 0.2) is 5.11 Å². The first-order valence-electron chi connectivity index (χ1n) is 5.18. The summed E-state index contributed by atoms with van der Waals surface area (Å²) in [5, 5.41) is 6.55. The number of rotatable bonds is 8. The van der Waals surface area contributed by atoms with Crippen molar-refractivity contribution >= 4 is 5.91 Å². The van der Waals surface area contributed by atoms with Gasteiger partial charge in [0.25, 0.3) is 0 Å². The van der Waals surface area contributed by atoms with Crippen molar-refractivity contribution in [3.05, 3.63) is 10.4 Å². The minimum absolute atomic E-state index is 0.323. The summed E-state index contributed by atoms with van der Waals surface area (Å²) in [4.78, 5) is 13.9. The van der Waals surface area contributed by atoms with E-state index in [4.69, 9.17) is 11.3 Å². The zero-order valence-electron chi connectivity index (χ0n) is 9.36. The number of nitrogens with zero attached hydrogens (tertiary/aromatic N) is 3. The SMILES string of the molecule is CCC(CC)(NCCCN=[N+]=[N-])C(N)=O. The Balaban J connectivity index is 4.07. The number of amides is 1. The van der Waals surface area contributed by atoms with Gasteiger partial charge in [-0.25, -0.2) is 0 Å². The molecule has 0 aromatic heterocycles. The molecule has 15 heavy (non-hydrogen) atoms. The van der Waals surface area contributed by atoms with E-state index in [0.29, 0.717) is 32.4 Å². The third-order valence-corrected chi connectivity index (χ3v) is 2.64. The zero-order valence-corrected chi connectivity index (χ0v) is 9.36. The lowest BCUT2D eigenvalue weighted by atomic mass is 9.92. The molecule has 0 aromatic carbocycles. The third kappa shape index (κ3) is 4.18. The maximum absolute atomic E-state index is 11.3. The molecule has 0 saturated carbocycles. The maximum atomic E-state index is 11.3. The van der Waals surface area contributed by atoms with E-state index in [-0.39, 0.29) is 5.91 Å². The van der Waals surface area contributed by atoms with E-state index >= 15 is 0 Å². The van der Waals surface area contributed by atoms with Crippen LogP contribution >= 0.6 is 0 Å². The standard InChI is InChI=1S/C9H19N5O/c1-3-9(4-2,8(10)15)12-6-5-7-13-14-11/h12H,3-7H2,1-2H3,(H2,10,15). The number of nitrogens with two attached hydrogens (primary N) is 1. The van der Waals surface area contributed by atoms with Crippen molar-refractivity contribution in [2.75, 3.05) is 13.1 Å². The van der Waals surface area contributed by atoms with Gasteiger partial charge >= 0.3 is 0 Å². The molecule has 6 nitrogen and oxygen atoms in total. The van der Waals surface area contributed by atoms with Gasteiger partial charge in [0.2, 0.25) is 5.91 Å². The van der Waals surface area contributed by atoms with Crippen LogP contribution in [-0.4, -0.2) is 24.5 Å². The molecular weight excluding hydrogens is 194 g/mol. The minimum Gasteiger partial charge on any atom is -0.368 e. The molecule has 0 bridgehead atoms. The van der Waals surface area contributed by atoms with E-state index in [0.717, 1.165) is 0 Å². The molecule has 1 amide bonds. The van der Waals surface area contributed by atoms with Crippen molar-refractivity contribution in [3.63, 3.8) is 0 Å². The van der Waals surface area contributed by atoms with E-state index in [1.807, 2.05) is 13.8 Å². The first kappa shape index (κ1) is 13.7. The van der Waals surface area contributed by atoms with Gasteiger partial charge in [-0.1, -0.05) is 19.0 Å². The van der Waals surface area contributed by atoms with Crippen LogP contribution < -0.4 is 11.1 Å².